The number of methoxy groups -OCH3 is 2. The van der Waals surface area contributed by atoms with Crippen LogP contribution in [0.25, 0.3) is 0 Å². The summed E-state index contributed by atoms with van der Waals surface area (Å²) in [6, 6.07) is 5.60. The fraction of sp³-hybridized carbons (Fsp3) is 0.588. The van der Waals surface area contributed by atoms with E-state index in [2.05, 4.69) is 5.32 Å². The Morgan fingerprint density at radius 3 is 2.26 bits per heavy atom. The van der Waals surface area contributed by atoms with Crippen molar-refractivity contribution in [3.8, 4) is 11.5 Å². The van der Waals surface area contributed by atoms with E-state index in [9.17, 15) is 4.79 Å². The molecule has 0 spiro atoms. The first-order chi connectivity index (χ1) is 10.7. The number of carbonyl (C=O) groups is 1. The van der Waals surface area contributed by atoms with Gasteiger partial charge in [-0.3, -0.25) is 4.79 Å². The molecule has 1 amide bonds. The Morgan fingerprint density at radius 2 is 1.78 bits per heavy atom. The topological polar surface area (TPSA) is 50.8 Å². The third kappa shape index (κ3) is 5.01. The molecule has 5 nitrogen and oxygen atoms in total. The normalized spacial score (nSPS) is 15.0. The lowest BCUT2D eigenvalue weighted by Gasteiger charge is -2.32. The second kappa shape index (κ2) is 9.63. The predicted octanol–water partition coefficient (Wildman–Crippen LogP) is 2.13. The van der Waals surface area contributed by atoms with Crippen LogP contribution in [0.15, 0.2) is 18.2 Å². The molecule has 1 aromatic rings. The maximum absolute atomic E-state index is 12.6. The zero-order chi connectivity index (χ0) is 15.9. The molecule has 0 aromatic heterocycles. The standard InChI is InChI=1S/C17H26N2O3.ClH/c1-18-12-13-7-9-19(10-8-13)17(20)11-14-15(21-2)5-4-6-16(14)22-3;/h4-6,13,18H,7-12H2,1-3H3;1H. The minimum absolute atomic E-state index is 0. The molecule has 1 fully saturated rings. The Bertz CT molecular complexity index is 480. The summed E-state index contributed by atoms with van der Waals surface area (Å²) in [7, 11) is 5.21. The zero-order valence-electron chi connectivity index (χ0n) is 14.1. The van der Waals surface area contributed by atoms with Crippen molar-refractivity contribution in [1.29, 1.82) is 0 Å². The molecule has 0 aliphatic carbocycles. The first-order valence-corrected chi connectivity index (χ1v) is 7.81. The van der Waals surface area contributed by atoms with Gasteiger partial charge in [0.05, 0.1) is 20.6 Å². The van der Waals surface area contributed by atoms with Crippen molar-refractivity contribution in [2.24, 2.45) is 5.92 Å². The van der Waals surface area contributed by atoms with E-state index in [0.29, 0.717) is 23.8 Å². The van der Waals surface area contributed by atoms with Crippen molar-refractivity contribution in [1.82, 2.24) is 10.2 Å². The van der Waals surface area contributed by atoms with Gasteiger partial charge in [0.2, 0.25) is 5.91 Å². The van der Waals surface area contributed by atoms with Crippen molar-refractivity contribution in [2.45, 2.75) is 19.3 Å². The van der Waals surface area contributed by atoms with Gasteiger partial charge in [0.15, 0.2) is 0 Å². The van der Waals surface area contributed by atoms with E-state index in [1.807, 2.05) is 30.1 Å². The minimum atomic E-state index is 0. The van der Waals surface area contributed by atoms with Crippen LogP contribution < -0.4 is 14.8 Å². The molecule has 130 valence electrons. The molecular weight excluding hydrogens is 316 g/mol. The van der Waals surface area contributed by atoms with Gasteiger partial charge in [0.25, 0.3) is 0 Å². The van der Waals surface area contributed by atoms with Crippen LogP contribution >= 0.6 is 12.4 Å². The summed E-state index contributed by atoms with van der Waals surface area (Å²) < 4.78 is 10.7. The Kier molecular flexibility index (Phi) is 8.20. The molecule has 2 rings (SSSR count). The number of ether oxygens (including phenoxy) is 2. The first-order valence-electron chi connectivity index (χ1n) is 7.81. The fourth-order valence-electron chi connectivity index (χ4n) is 3.04. The van der Waals surface area contributed by atoms with Crippen LogP contribution in [-0.2, 0) is 11.2 Å². The van der Waals surface area contributed by atoms with Gasteiger partial charge in [-0.15, -0.1) is 12.4 Å². The number of benzene rings is 1. The molecule has 0 radical (unpaired) electrons. The van der Waals surface area contributed by atoms with E-state index in [1.165, 1.54) is 0 Å². The van der Waals surface area contributed by atoms with E-state index in [4.69, 9.17) is 9.47 Å². The molecule has 0 atom stereocenters. The Hall–Kier alpha value is -1.46. The number of carbonyl (C=O) groups excluding carboxylic acids is 1. The predicted molar refractivity (Wildman–Crippen MR) is 93.7 cm³/mol. The molecule has 1 N–H and O–H groups in total. The van der Waals surface area contributed by atoms with Gasteiger partial charge in [0, 0.05) is 18.7 Å². The maximum Gasteiger partial charge on any atom is 0.227 e. The van der Waals surface area contributed by atoms with Crippen molar-refractivity contribution >= 4 is 18.3 Å². The van der Waals surface area contributed by atoms with Crippen molar-refractivity contribution in [3.63, 3.8) is 0 Å². The molecule has 6 heteroatoms. The SMILES string of the molecule is CNCC1CCN(C(=O)Cc2c(OC)cccc2OC)CC1.Cl. The number of hydrogen-bond acceptors (Lipinski definition) is 4. The first kappa shape index (κ1) is 19.6. The third-order valence-corrected chi connectivity index (χ3v) is 4.32. The van der Waals surface area contributed by atoms with Gasteiger partial charge < -0.3 is 19.7 Å². The molecule has 0 saturated carbocycles. The van der Waals surface area contributed by atoms with E-state index >= 15 is 0 Å². The van der Waals surface area contributed by atoms with Gasteiger partial charge in [0.1, 0.15) is 11.5 Å². The van der Waals surface area contributed by atoms with Gasteiger partial charge in [-0.2, -0.15) is 0 Å². The molecule has 1 aliphatic rings. The number of likely N-dealkylation sites (tertiary alicyclic amines) is 1. The van der Waals surface area contributed by atoms with Gasteiger partial charge in [-0.1, -0.05) is 6.07 Å². The van der Waals surface area contributed by atoms with Gasteiger partial charge in [-0.05, 0) is 44.5 Å². The quantitative estimate of drug-likeness (QED) is 0.860. The summed E-state index contributed by atoms with van der Waals surface area (Å²) in [5, 5.41) is 3.21. The summed E-state index contributed by atoms with van der Waals surface area (Å²) >= 11 is 0. The number of nitrogens with zero attached hydrogens (tertiary/aromatic N) is 1. The summed E-state index contributed by atoms with van der Waals surface area (Å²) in [6.45, 7) is 2.70. The average Bonchev–Trinajstić information content (AvgIpc) is 2.56. The van der Waals surface area contributed by atoms with Crippen LogP contribution in [0, 0.1) is 5.92 Å². The number of rotatable bonds is 6. The Morgan fingerprint density at radius 1 is 1.22 bits per heavy atom. The Labute approximate surface area is 144 Å². The van der Waals surface area contributed by atoms with E-state index < -0.39 is 0 Å². The van der Waals surface area contributed by atoms with Gasteiger partial charge in [-0.25, -0.2) is 0 Å². The minimum Gasteiger partial charge on any atom is -0.496 e. The lowest BCUT2D eigenvalue weighted by atomic mass is 9.96. The monoisotopic (exact) mass is 342 g/mol. The largest absolute Gasteiger partial charge is 0.496 e. The molecular formula is C17H27ClN2O3. The fourth-order valence-corrected chi connectivity index (χ4v) is 3.04. The van der Waals surface area contributed by atoms with Crippen LogP contribution in [0.2, 0.25) is 0 Å². The van der Waals surface area contributed by atoms with E-state index in [-0.39, 0.29) is 18.3 Å². The number of amides is 1. The summed E-state index contributed by atoms with van der Waals surface area (Å²) in [5.41, 5.74) is 0.829. The summed E-state index contributed by atoms with van der Waals surface area (Å²) in [6.07, 6.45) is 2.45. The van der Waals surface area contributed by atoms with Crippen LogP contribution in [0.1, 0.15) is 18.4 Å². The van der Waals surface area contributed by atoms with Crippen LogP contribution in [0.5, 0.6) is 11.5 Å². The maximum atomic E-state index is 12.6. The zero-order valence-corrected chi connectivity index (χ0v) is 14.9. The number of nitrogens with one attached hydrogen (secondary N) is 1. The van der Waals surface area contributed by atoms with Gasteiger partial charge >= 0.3 is 0 Å². The highest BCUT2D eigenvalue weighted by atomic mass is 35.5. The summed E-state index contributed by atoms with van der Waals surface area (Å²) in [4.78, 5) is 14.5. The smallest absolute Gasteiger partial charge is 0.227 e. The van der Waals surface area contributed by atoms with Crippen LogP contribution in [0.3, 0.4) is 0 Å². The third-order valence-electron chi connectivity index (χ3n) is 4.32. The van der Waals surface area contributed by atoms with Crippen molar-refractivity contribution in [3.05, 3.63) is 23.8 Å². The van der Waals surface area contributed by atoms with Crippen molar-refractivity contribution < 1.29 is 14.3 Å². The van der Waals surface area contributed by atoms with Crippen molar-refractivity contribution in [2.75, 3.05) is 40.9 Å². The molecule has 0 bridgehead atoms. The molecule has 1 aliphatic heterocycles. The second-order valence-corrected chi connectivity index (χ2v) is 5.70. The van der Waals surface area contributed by atoms with E-state index in [0.717, 1.165) is 38.0 Å². The molecule has 1 aromatic carbocycles. The highest BCUT2D eigenvalue weighted by Crippen LogP contribution is 2.29. The molecule has 0 unspecified atom stereocenters. The highest BCUT2D eigenvalue weighted by Gasteiger charge is 2.24. The number of piperidine rings is 1. The van der Waals surface area contributed by atoms with Crippen LogP contribution in [0.4, 0.5) is 0 Å². The number of hydrogen-bond donors (Lipinski definition) is 1. The van der Waals surface area contributed by atoms with E-state index in [1.54, 1.807) is 14.2 Å². The number of halogens is 1. The summed E-state index contributed by atoms with van der Waals surface area (Å²) in [5.74, 6) is 2.23. The average molecular weight is 343 g/mol. The van der Waals surface area contributed by atoms with Crippen LogP contribution in [-0.4, -0.2) is 51.7 Å². The molecule has 1 heterocycles. The lowest BCUT2D eigenvalue weighted by Crippen LogP contribution is -2.41. The molecule has 23 heavy (non-hydrogen) atoms. The molecule has 1 saturated heterocycles. The highest BCUT2D eigenvalue weighted by molar-refractivity contribution is 5.85. The second-order valence-electron chi connectivity index (χ2n) is 5.70. The lowest BCUT2D eigenvalue weighted by molar-refractivity contribution is -0.131. The Balaban J connectivity index is 0.00000264.